The number of hydrogen-bond acceptors (Lipinski definition) is 2. The highest BCUT2D eigenvalue weighted by molar-refractivity contribution is 6.35. The first-order valence-corrected chi connectivity index (χ1v) is 7.57. The van der Waals surface area contributed by atoms with E-state index in [2.05, 4.69) is 5.32 Å². The summed E-state index contributed by atoms with van der Waals surface area (Å²) in [5.41, 5.74) is 1.24. The summed E-state index contributed by atoms with van der Waals surface area (Å²) in [7, 11) is 0. The predicted molar refractivity (Wildman–Crippen MR) is 83.8 cm³/mol. The Balaban J connectivity index is 1.83. The van der Waals surface area contributed by atoms with Gasteiger partial charge in [-0.2, -0.15) is 0 Å². The van der Waals surface area contributed by atoms with Gasteiger partial charge in [0.05, 0.1) is 16.6 Å². The minimum atomic E-state index is -0.545. The van der Waals surface area contributed by atoms with E-state index in [4.69, 9.17) is 16.3 Å². The van der Waals surface area contributed by atoms with E-state index >= 15 is 0 Å². The van der Waals surface area contributed by atoms with Gasteiger partial charge in [0.2, 0.25) is 0 Å². The van der Waals surface area contributed by atoms with Crippen LogP contribution in [0.4, 0.5) is 9.18 Å². The number of amides is 1. The van der Waals surface area contributed by atoms with Gasteiger partial charge >= 0.3 is 6.09 Å². The molecule has 1 N–H and O–H groups in total. The van der Waals surface area contributed by atoms with Crippen LogP contribution in [0.1, 0.15) is 26.3 Å². The van der Waals surface area contributed by atoms with Crippen molar-refractivity contribution in [3.05, 3.63) is 34.7 Å². The van der Waals surface area contributed by atoms with E-state index in [9.17, 15) is 9.18 Å². The van der Waals surface area contributed by atoms with Crippen LogP contribution in [0.25, 0.3) is 10.9 Å². The molecule has 0 saturated carbocycles. The van der Waals surface area contributed by atoms with E-state index in [1.54, 1.807) is 6.07 Å². The molecule has 3 rings (SSSR count). The van der Waals surface area contributed by atoms with Gasteiger partial charge in [0, 0.05) is 18.1 Å². The Morgan fingerprint density at radius 2 is 2.23 bits per heavy atom. The molecule has 1 aliphatic heterocycles. The first-order chi connectivity index (χ1) is 10.2. The Bertz CT molecular complexity index is 749. The summed E-state index contributed by atoms with van der Waals surface area (Å²) in [5.74, 6) is -0.431. The Hall–Kier alpha value is -1.75. The van der Waals surface area contributed by atoms with E-state index in [1.165, 1.54) is 6.07 Å². The number of halogens is 2. The van der Waals surface area contributed by atoms with E-state index in [1.807, 2.05) is 31.5 Å². The zero-order valence-electron chi connectivity index (χ0n) is 12.7. The van der Waals surface area contributed by atoms with Crippen molar-refractivity contribution in [1.82, 2.24) is 9.88 Å². The second kappa shape index (κ2) is 5.16. The SMILES string of the molecule is CC(C)(C)OC(=O)N[C@@H]1Cc2cc(F)c(Cl)c3ccn(c23)C1. The summed E-state index contributed by atoms with van der Waals surface area (Å²) in [4.78, 5) is 11.9. The second-order valence-corrected chi connectivity index (χ2v) is 6.99. The maximum atomic E-state index is 13.9. The molecule has 2 aromatic rings. The lowest BCUT2D eigenvalue weighted by Crippen LogP contribution is -2.43. The fourth-order valence-electron chi connectivity index (χ4n) is 2.87. The molecule has 0 spiro atoms. The third-order valence-electron chi connectivity index (χ3n) is 3.62. The van der Waals surface area contributed by atoms with Crippen molar-refractivity contribution in [3.8, 4) is 0 Å². The highest BCUT2D eigenvalue weighted by Crippen LogP contribution is 2.33. The van der Waals surface area contributed by atoms with Crippen LogP contribution >= 0.6 is 11.6 Å². The standard InChI is InChI=1S/C16H18ClFN2O2/c1-16(2,3)22-15(21)19-10-6-9-7-12(18)13(17)11-4-5-20(8-10)14(9)11/h4-5,7,10H,6,8H2,1-3H3,(H,19,21)/t10-/m1/s1. The van der Waals surface area contributed by atoms with Crippen molar-refractivity contribution in [2.75, 3.05) is 0 Å². The number of alkyl carbamates (subject to hydrolysis) is 1. The lowest BCUT2D eigenvalue weighted by atomic mass is 10.00. The molecule has 0 unspecified atom stereocenters. The van der Waals surface area contributed by atoms with Crippen molar-refractivity contribution in [3.63, 3.8) is 0 Å². The van der Waals surface area contributed by atoms with Crippen LogP contribution in [0.15, 0.2) is 18.3 Å². The van der Waals surface area contributed by atoms with E-state index in [-0.39, 0.29) is 11.1 Å². The summed E-state index contributed by atoms with van der Waals surface area (Å²) in [5, 5.41) is 3.71. The molecule has 0 saturated heterocycles. The van der Waals surface area contributed by atoms with Crippen molar-refractivity contribution >= 4 is 28.6 Å². The molecule has 6 heteroatoms. The third kappa shape index (κ3) is 2.77. The number of rotatable bonds is 1. The monoisotopic (exact) mass is 324 g/mol. The zero-order valence-corrected chi connectivity index (χ0v) is 13.5. The number of aromatic nitrogens is 1. The van der Waals surface area contributed by atoms with Gasteiger partial charge in [0.1, 0.15) is 11.4 Å². The fraction of sp³-hybridized carbons (Fsp3) is 0.438. The number of hydrogen-bond donors (Lipinski definition) is 1. The maximum Gasteiger partial charge on any atom is 0.407 e. The van der Waals surface area contributed by atoms with Gasteiger partial charge in [-0.15, -0.1) is 0 Å². The third-order valence-corrected chi connectivity index (χ3v) is 4.00. The highest BCUT2D eigenvalue weighted by atomic mass is 35.5. The van der Waals surface area contributed by atoms with E-state index in [0.717, 1.165) is 11.1 Å². The number of ether oxygens (including phenoxy) is 1. The number of carbonyl (C=O) groups excluding carboxylic acids is 1. The summed E-state index contributed by atoms with van der Waals surface area (Å²) in [6, 6.07) is 3.11. The van der Waals surface area contributed by atoms with Crippen molar-refractivity contribution in [2.24, 2.45) is 0 Å². The quantitative estimate of drug-likeness (QED) is 0.865. The topological polar surface area (TPSA) is 43.3 Å². The minimum absolute atomic E-state index is 0.140. The fourth-order valence-corrected chi connectivity index (χ4v) is 3.07. The van der Waals surface area contributed by atoms with Crippen LogP contribution in [0, 0.1) is 5.82 Å². The molecule has 2 heterocycles. The van der Waals surface area contributed by atoms with Crippen molar-refractivity contribution in [2.45, 2.75) is 45.4 Å². The number of carbonyl (C=O) groups is 1. The van der Waals surface area contributed by atoms with Gasteiger partial charge in [-0.1, -0.05) is 11.6 Å². The Morgan fingerprint density at radius 3 is 2.91 bits per heavy atom. The molecule has 0 aliphatic carbocycles. The molecule has 4 nitrogen and oxygen atoms in total. The van der Waals surface area contributed by atoms with Crippen LogP contribution in [-0.2, 0) is 17.7 Å². The molecule has 1 atom stereocenters. The molecule has 1 aromatic carbocycles. The highest BCUT2D eigenvalue weighted by Gasteiger charge is 2.26. The van der Waals surface area contributed by atoms with Gasteiger partial charge in [0.15, 0.2) is 0 Å². The molecular formula is C16H18ClFN2O2. The molecule has 118 valence electrons. The zero-order chi connectivity index (χ0) is 16.1. The van der Waals surface area contributed by atoms with Crippen molar-refractivity contribution < 1.29 is 13.9 Å². The van der Waals surface area contributed by atoms with Gasteiger partial charge < -0.3 is 14.6 Å². The molecule has 0 bridgehead atoms. The molecule has 1 aromatic heterocycles. The molecular weight excluding hydrogens is 307 g/mol. The lowest BCUT2D eigenvalue weighted by molar-refractivity contribution is 0.0498. The van der Waals surface area contributed by atoms with Gasteiger partial charge in [0.25, 0.3) is 0 Å². The van der Waals surface area contributed by atoms with Crippen LogP contribution in [-0.4, -0.2) is 22.3 Å². The lowest BCUT2D eigenvalue weighted by Gasteiger charge is -2.27. The predicted octanol–water partition coefficient (Wildman–Crippen LogP) is 3.88. The van der Waals surface area contributed by atoms with Gasteiger partial charge in [-0.25, -0.2) is 9.18 Å². The van der Waals surface area contributed by atoms with Gasteiger partial charge in [-0.05, 0) is 44.9 Å². The Morgan fingerprint density at radius 1 is 1.50 bits per heavy atom. The molecule has 1 amide bonds. The number of nitrogens with zero attached hydrogens (tertiary/aromatic N) is 1. The number of nitrogens with one attached hydrogen (secondary N) is 1. The number of benzene rings is 1. The Kier molecular flexibility index (Phi) is 3.56. The summed E-state index contributed by atoms with van der Waals surface area (Å²) in [6.45, 7) is 6.05. The van der Waals surface area contributed by atoms with E-state index in [0.29, 0.717) is 18.4 Å². The first-order valence-electron chi connectivity index (χ1n) is 7.20. The van der Waals surface area contributed by atoms with Crippen LogP contribution in [0.3, 0.4) is 0 Å². The Labute approximate surface area is 133 Å². The summed E-state index contributed by atoms with van der Waals surface area (Å²) < 4.78 is 21.1. The average molecular weight is 325 g/mol. The van der Waals surface area contributed by atoms with Crippen molar-refractivity contribution in [1.29, 1.82) is 0 Å². The molecule has 22 heavy (non-hydrogen) atoms. The average Bonchev–Trinajstić information content (AvgIpc) is 2.78. The van der Waals surface area contributed by atoms with Crippen LogP contribution in [0.5, 0.6) is 0 Å². The largest absolute Gasteiger partial charge is 0.444 e. The molecule has 0 radical (unpaired) electrons. The molecule has 0 fully saturated rings. The van der Waals surface area contributed by atoms with E-state index < -0.39 is 17.5 Å². The maximum absolute atomic E-state index is 13.9. The normalized spacial score (nSPS) is 17.6. The first kappa shape index (κ1) is 15.2. The van der Waals surface area contributed by atoms with Gasteiger partial charge in [-0.3, -0.25) is 0 Å². The summed E-state index contributed by atoms with van der Waals surface area (Å²) >= 11 is 6.01. The molecule has 1 aliphatic rings. The minimum Gasteiger partial charge on any atom is -0.444 e. The van der Waals surface area contributed by atoms with Crippen LogP contribution < -0.4 is 5.32 Å². The second-order valence-electron chi connectivity index (χ2n) is 6.61. The van der Waals surface area contributed by atoms with Crippen LogP contribution in [0.2, 0.25) is 5.02 Å². The summed E-state index contributed by atoms with van der Waals surface area (Å²) in [6.07, 6.45) is 1.95. The smallest absolute Gasteiger partial charge is 0.407 e.